The van der Waals surface area contributed by atoms with E-state index >= 15 is 0 Å². The van der Waals surface area contributed by atoms with Crippen molar-refractivity contribution in [1.29, 1.82) is 0 Å². The van der Waals surface area contributed by atoms with Crippen molar-refractivity contribution in [2.24, 2.45) is 5.41 Å². The Labute approximate surface area is 93.4 Å². The third-order valence-corrected chi connectivity index (χ3v) is 3.27. The summed E-state index contributed by atoms with van der Waals surface area (Å²) in [5.41, 5.74) is 0.304. The van der Waals surface area contributed by atoms with E-state index in [0.717, 1.165) is 12.8 Å². The fraction of sp³-hybridized carbons (Fsp3) is 0.923. The maximum Gasteiger partial charge on any atom is 0.305 e. The molecule has 1 rings (SSSR count). The van der Waals surface area contributed by atoms with Crippen LogP contribution in [0.25, 0.3) is 0 Å². The van der Waals surface area contributed by atoms with Gasteiger partial charge in [0.05, 0.1) is 6.61 Å². The summed E-state index contributed by atoms with van der Waals surface area (Å²) in [6.45, 7) is 5.14. The van der Waals surface area contributed by atoms with Crippen LogP contribution in [0.2, 0.25) is 0 Å². The zero-order valence-corrected chi connectivity index (χ0v) is 10.2. The molecule has 0 amide bonds. The largest absolute Gasteiger partial charge is 0.466 e. The Morgan fingerprint density at radius 3 is 2.47 bits per heavy atom. The Hall–Kier alpha value is -0.530. The lowest BCUT2D eigenvalue weighted by molar-refractivity contribution is -0.144. The first kappa shape index (κ1) is 12.5. The van der Waals surface area contributed by atoms with Gasteiger partial charge in [-0.3, -0.25) is 4.79 Å². The molecule has 0 radical (unpaired) electrons. The van der Waals surface area contributed by atoms with E-state index in [1.165, 1.54) is 32.1 Å². The van der Waals surface area contributed by atoms with Crippen molar-refractivity contribution in [3.63, 3.8) is 0 Å². The number of rotatable bonds is 0. The van der Waals surface area contributed by atoms with E-state index in [4.69, 9.17) is 4.74 Å². The van der Waals surface area contributed by atoms with Crippen molar-refractivity contribution in [2.75, 3.05) is 6.61 Å². The van der Waals surface area contributed by atoms with Gasteiger partial charge in [-0.05, 0) is 24.7 Å². The SMILES string of the molecule is CC1(C)CCCCCCCOC(=O)CC1. The monoisotopic (exact) mass is 212 g/mol. The molecule has 0 aromatic carbocycles. The second-order valence-electron chi connectivity index (χ2n) is 5.40. The van der Waals surface area contributed by atoms with Crippen LogP contribution < -0.4 is 0 Å². The molecule has 88 valence electrons. The summed E-state index contributed by atoms with van der Waals surface area (Å²) in [5.74, 6) is -0.0105. The molecule has 0 N–H and O–H groups in total. The molecule has 0 aromatic rings. The van der Waals surface area contributed by atoms with Gasteiger partial charge in [0.2, 0.25) is 0 Å². The second kappa shape index (κ2) is 6.14. The molecular weight excluding hydrogens is 188 g/mol. The van der Waals surface area contributed by atoms with E-state index in [9.17, 15) is 4.79 Å². The maximum atomic E-state index is 11.4. The lowest BCUT2D eigenvalue weighted by Crippen LogP contribution is -2.16. The van der Waals surface area contributed by atoms with Gasteiger partial charge in [-0.15, -0.1) is 0 Å². The van der Waals surface area contributed by atoms with Crippen molar-refractivity contribution in [3.8, 4) is 0 Å². The van der Waals surface area contributed by atoms with E-state index in [2.05, 4.69) is 13.8 Å². The third-order valence-electron chi connectivity index (χ3n) is 3.27. The summed E-state index contributed by atoms with van der Waals surface area (Å²) in [6.07, 6.45) is 8.95. The zero-order chi connectivity index (χ0) is 11.1. The number of cyclic esters (lactones) is 1. The number of carbonyl (C=O) groups excluding carboxylic acids is 1. The molecule has 1 saturated heterocycles. The molecule has 0 saturated carbocycles. The highest BCUT2D eigenvalue weighted by atomic mass is 16.5. The number of hydrogen-bond donors (Lipinski definition) is 0. The Balaban J connectivity index is 2.38. The molecule has 0 aliphatic carbocycles. The molecule has 15 heavy (non-hydrogen) atoms. The van der Waals surface area contributed by atoms with Crippen LogP contribution in [0.5, 0.6) is 0 Å². The minimum atomic E-state index is -0.0105. The molecule has 0 aromatic heterocycles. The van der Waals surface area contributed by atoms with E-state index < -0.39 is 0 Å². The molecule has 1 aliphatic rings. The van der Waals surface area contributed by atoms with Crippen LogP contribution in [-0.4, -0.2) is 12.6 Å². The number of esters is 1. The lowest BCUT2D eigenvalue weighted by atomic mass is 9.82. The van der Waals surface area contributed by atoms with Crippen molar-refractivity contribution in [3.05, 3.63) is 0 Å². The third kappa shape index (κ3) is 5.81. The molecule has 1 heterocycles. The van der Waals surface area contributed by atoms with Crippen LogP contribution in [0.15, 0.2) is 0 Å². The van der Waals surface area contributed by atoms with E-state index in [-0.39, 0.29) is 5.97 Å². The van der Waals surface area contributed by atoms with Crippen LogP contribution in [-0.2, 0) is 9.53 Å². The maximum absolute atomic E-state index is 11.4. The van der Waals surface area contributed by atoms with Gasteiger partial charge in [0.15, 0.2) is 0 Å². The Bertz CT molecular complexity index is 197. The molecule has 0 unspecified atom stereocenters. The van der Waals surface area contributed by atoms with Gasteiger partial charge in [-0.25, -0.2) is 0 Å². The first-order chi connectivity index (χ1) is 7.10. The van der Waals surface area contributed by atoms with Crippen LogP contribution >= 0.6 is 0 Å². The van der Waals surface area contributed by atoms with Gasteiger partial charge < -0.3 is 4.74 Å². The van der Waals surface area contributed by atoms with E-state index in [0.29, 0.717) is 18.4 Å². The van der Waals surface area contributed by atoms with Gasteiger partial charge >= 0.3 is 5.97 Å². The normalized spacial score (nSPS) is 24.8. The van der Waals surface area contributed by atoms with Gasteiger partial charge in [-0.2, -0.15) is 0 Å². The molecule has 2 heteroatoms. The van der Waals surface area contributed by atoms with Crippen LogP contribution in [0.4, 0.5) is 0 Å². The zero-order valence-electron chi connectivity index (χ0n) is 10.2. The van der Waals surface area contributed by atoms with E-state index in [1.807, 2.05) is 0 Å². The highest BCUT2D eigenvalue weighted by Gasteiger charge is 2.19. The van der Waals surface area contributed by atoms with Gasteiger partial charge in [0.25, 0.3) is 0 Å². The highest BCUT2D eigenvalue weighted by Crippen LogP contribution is 2.29. The van der Waals surface area contributed by atoms with Crippen molar-refractivity contribution in [1.82, 2.24) is 0 Å². The molecule has 0 atom stereocenters. The fourth-order valence-electron chi connectivity index (χ4n) is 2.06. The van der Waals surface area contributed by atoms with Crippen LogP contribution in [0, 0.1) is 5.41 Å². The average Bonchev–Trinajstić information content (AvgIpc) is 2.17. The summed E-state index contributed by atoms with van der Waals surface area (Å²) in [6, 6.07) is 0. The summed E-state index contributed by atoms with van der Waals surface area (Å²) >= 11 is 0. The van der Waals surface area contributed by atoms with Crippen molar-refractivity contribution >= 4 is 5.97 Å². The first-order valence-electron chi connectivity index (χ1n) is 6.26. The Morgan fingerprint density at radius 1 is 1.00 bits per heavy atom. The summed E-state index contributed by atoms with van der Waals surface area (Å²) in [7, 11) is 0. The second-order valence-corrected chi connectivity index (χ2v) is 5.40. The van der Waals surface area contributed by atoms with Crippen LogP contribution in [0.1, 0.15) is 65.2 Å². The fourth-order valence-corrected chi connectivity index (χ4v) is 2.06. The summed E-state index contributed by atoms with van der Waals surface area (Å²) in [5, 5.41) is 0. The number of ether oxygens (including phenoxy) is 1. The van der Waals surface area contributed by atoms with Gasteiger partial charge in [-0.1, -0.05) is 39.5 Å². The Morgan fingerprint density at radius 2 is 1.67 bits per heavy atom. The standard InChI is InChI=1S/C13H24O2/c1-13(2)9-6-4-3-5-7-11-15-12(14)8-10-13/h3-11H2,1-2H3. The smallest absolute Gasteiger partial charge is 0.305 e. The molecule has 0 bridgehead atoms. The first-order valence-corrected chi connectivity index (χ1v) is 6.26. The summed E-state index contributed by atoms with van der Waals surface area (Å²) < 4.78 is 5.17. The van der Waals surface area contributed by atoms with E-state index in [1.54, 1.807) is 0 Å². The molecule has 2 nitrogen and oxygen atoms in total. The molecule has 1 fully saturated rings. The molecule has 0 spiro atoms. The van der Waals surface area contributed by atoms with Crippen molar-refractivity contribution in [2.45, 2.75) is 65.2 Å². The molecule has 1 aliphatic heterocycles. The summed E-state index contributed by atoms with van der Waals surface area (Å²) in [4.78, 5) is 11.4. The van der Waals surface area contributed by atoms with Gasteiger partial charge in [0.1, 0.15) is 0 Å². The lowest BCUT2D eigenvalue weighted by Gasteiger charge is -2.24. The topological polar surface area (TPSA) is 26.3 Å². The molecular formula is C13H24O2. The van der Waals surface area contributed by atoms with Crippen LogP contribution in [0.3, 0.4) is 0 Å². The quantitative estimate of drug-likeness (QED) is 0.572. The minimum absolute atomic E-state index is 0.0105. The van der Waals surface area contributed by atoms with Gasteiger partial charge in [0, 0.05) is 6.42 Å². The number of hydrogen-bond acceptors (Lipinski definition) is 2. The highest BCUT2D eigenvalue weighted by molar-refractivity contribution is 5.69. The van der Waals surface area contributed by atoms with Crippen molar-refractivity contribution < 1.29 is 9.53 Å². The minimum Gasteiger partial charge on any atom is -0.466 e. The predicted octanol–water partition coefficient (Wildman–Crippen LogP) is 3.69. The number of carbonyl (C=O) groups is 1. The average molecular weight is 212 g/mol. The Kier molecular flexibility index (Phi) is 5.13. The predicted molar refractivity (Wildman–Crippen MR) is 61.7 cm³/mol.